The van der Waals surface area contributed by atoms with Gasteiger partial charge in [-0.15, -0.1) is 0 Å². The number of amides is 1. The van der Waals surface area contributed by atoms with Crippen molar-refractivity contribution in [2.24, 2.45) is 5.73 Å². The molecule has 2 rings (SSSR count). The first-order chi connectivity index (χ1) is 7.08. The third kappa shape index (κ3) is 1.78. The average Bonchev–Trinajstić information content (AvgIpc) is 2.16. The van der Waals surface area contributed by atoms with E-state index in [1.54, 1.807) is 12.1 Å². The average molecular weight is 221 g/mol. The number of primary amides is 1. The second-order valence-electron chi connectivity index (χ2n) is 3.38. The highest BCUT2D eigenvalue weighted by molar-refractivity contribution is 6.31. The Kier molecular flexibility index (Phi) is 2.32. The van der Waals surface area contributed by atoms with E-state index in [9.17, 15) is 4.79 Å². The van der Waals surface area contributed by atoms with E-state index in [4.69, 9.17) is 17.3 Å². The number of halogens is 1. The molecule has 0 saturated carbocycles. The van der Waals surface area contributed by atoms with E-state index in [0.29, 0.717) is 10.6 Å². The Morgan fingerprint density at radius 3 is 2.80 bits per heavy atom. The van der Waals surface area contributed by atoms with Gasteiger partial charge in [-0.05, 0) is 30.7 Å². The first-order valence-electron chi connectivity index (χ1n) is 4.43. The van der Waals surface area contributed by atoms with Gasteiger partial charge in [0.15, 0.2) is 0 Å². The summed E-state index contributed by atoms with van der Waals surface area (Å²) >= 11 is 5.91. The lowest BCUT2D eigenvalue weighted by Gasteiger charge is -2.03. The van der Waals surface area contributed by atoms with Crippen LogP contribution in [0.3, 0.4) is 0 Å². The maximum absolute atomic E-state index is 11.0. The normalized spacial score (nSPS) is 10.5. The molecule has 0 radical (unpaired) electrons. The molecule has 0 aliphatic carbocycles. The minimum Gasteiger partial charge on any atom is -0.366 e. The zero-order chi connectivity index (χ0) is 11.0. The van der Waals surface area contributed by atoms with Crippen molar-refractivity contribution in [2.75, 3.05) is 0 Å². The minimum atomic E-state index is -0.484. The number of hydrogen-bond acceptors (Lipinski definition) is 2. The molecule has 76 valence electrons. The standard InChI is InChI=1S/C11H9ClN2O/c1-6-2-9(12)4-7-3-8(11(13)15)5-14-10(6)7/h2-5H,1H3,(H2,13,15). The first-order valence-corrected chi connectivity index (χ1v) is 4.81. The molecule has 0 spiro atoms. The van der Waals surface area contributed by atoms with Crippen LogP contribution in [-0.4, -0.2) is 10.9 Å². The molecule has 0 atom stereocenters. The molecule has 0 fully saturated rings. The Morgan fingerprint density at radius 1 is 1.40 bits per heavy atom. The van der Waals surface area contributed by atoms with Gasteiger partial charge in [0.2, 0.25) is 5.91 Å². The fourth-order valence-corrected chi connectivity index (χ4v) is 1.80. The Labute approximate surface area is 91.9 Å². The molecule has 2 aromatic rings. The number of benzene rings is 1. The molecule has 0 aliphatic heterocycles. The third-order valence-corrected chi connectivity index (χ3v) is 2.44. The van der Waals surface area contributed by atoms with E-state index < -0.39 is 5.91 Å². The molecule has 1 aromatic heterocycles. The van der Waals surface area contributed by atoms with Crippen LogP contribution < -0.4 is 5.73 Å². The van der Waals surface area contributed by atoms with E-state index in [0.717, 1.165) is 16.5 Å². The number of rotatable bonds is 1. The Morgan fingerprint density at radius 2 is 2.13 bits per heavy atom. The molecule has 15 heavy (non-hydrogen) atoms. The molecule has 3 nitrogen and oxygen atoms in total. The van der Waals surface area contributed by atoms with Gasteiger partial charge >= 0.3 is 0 Å². The molecule has 0 bridgehead atoms. The van der Waals surface area contributed by atoms with Crippen LogP contribution in [0.4, 0.5) is 0 Å². The van der Waals surface area contributed by atoms with Crippen LogP contribution in [0.1, 0.15) is 15.9 Å². The fraction of sp³-hybridized carbons (Fsp3) is 0.0909. The second kappa shape index (κ2) is 3.51. The lowest BCUT2D eigenvalue weighted by molar-refractivity contribution is 0.1000. The summed E-state index contributed by atoms with van der Waals surface area (Å²) < 4.78 is 0. The van der Waals surface area contributed by atoms with Crippen LogP contribution in [0.5, 0.6) is 0 Å². The van der Waals surface area contributed by atoms with E-state index in [2.05, 4.69) is 4.98 Å². The largest absolute Gasteiger partial charge is 0.366 e. The van der Waals surface area contributed by atoms with E-state index >= 15 is 0 Å². The topological polar surface area (TPSA) is 56.0 Å². The molecule has 1 amide bonds. The van der Waals surface area contributed by atoms with Crippen molar-refractivity contribution >= 4 is 28.4 Å². The van der Waals surface area contributed by atoms with Gasteiger partial charge in [-0.3, -0.25) is 9.78 Å². The van der Waals surface area contributed by atoms with Crippen LogP contribution in [0, 0.1) is 6.92 Å². The SMILES string of the molecule is Cc1cc(Cl)cc2cc(C(N)=O)cnc12. The minimum absolute atomic E-state index is 0.393. The molecule has 2 N–H and O–H groups in total. The van der Waals surface area contributed by atoms with Gasteiger partial charge in [-0.25, -0.2) is 0 Å². The van der Waals surface area contributed by atoms with Crippen LogP contribution in [0.15, 0.2) is 24.4 Å². The summed E-state index contributed by atoms with van der Waals surface area (Å²) in [5.74, 6) is -0.484. The van der Waals surface area contributed by atoms with Crippen LogP contribution in [-0.2, 0) is 0 Å². The molecule has 0 saturated heterocycles. The van der Waals surface area contributed by atoms with Crippen molar-refractivity contribution in [1.82, 2.24) is 4.98 Å². The molecular formula is C11H9ClN2O. The zero-order valence-corrected chi connectivity index (χ0v) is 8.88. The van der Waals surface area contributed by atoms with E-state index in [1.165, 1.54) is 6.20 Å². The van der Waals surface area contributed by atoms with Gasteiger partial charge in [0, 0.05) is 16.6 Å². The number of nitrogens with two attached hydrogens (primary N) is 1. The number of fused-ring (bicyclic) bond motifs is 1. The Balaban J connectivity index is 2.76. The summed E-state index contributed by atoms with van der Waals surface area (Å²) in [7, 11) is 0. The van der Waals surface area contributed by atoms with Gasteiger partial charge in [-0.2, -0.15) is 0 Å². The number of aromatic nitrogens is 1. The quantitative estimate of drug-likeness (QED) is 0.802. The van der Waals surface area contributed by atoms with Gasteiger partial charge in [0.05, 0.1) is 11.1 Å². The van der Waals surface area contributed by atoms with Crippen molar-refractivity contribution in [3.05, 3.63) is 40.5 Å². The molecule has 1 heterocycles. The number of hydrogen-bond donors (Lipinski definition) is 1. The maximum atomic E-state index is 11.0. The molecule has 0 aliphatic rings. The summed E-state index contributed by atoms with van der Waals surface area (Å²) in [6.45, 7) is 1.92. The number of nitrogens with zero attached hydrogens (tertiary/aromatic N) is 1. The van der Waals surface area contributed by atoms with Crippen molar-refractivity contribution in [3.8, 4) is 0 Å². The summed E-state index contributed by atoms with van der Waals surface area (Å²) in [5.41, 5.74) is 7.38. The maximum Gasteiger partial charge on any atom is 0.250 e. The van der Waals surface area contributed by atoms with Crippen molar-refractivity contribution in [2.45, 2.75) is 6.92 Å². The second-order valence-corrected chi connectivity index (χ2v) is 3.82. The monoisotopic (exact) mass is 220 g/mol. The third-order valence-electron chi connectivity index (χ3n) is 2.22. The van der Waals surface area contributed by atoms with Crippen LogP contribution in [0.25, 0.3) is 10.9 Å². The summed E-state index contributed by atoms with van der Waals surface area (Å²) in [5, 5.41) is 1.46. The Hall–Kier alpha value is -1.61. The van der Waals surface area contributed by atoms with Gasteiger partial charge in [-0.1, -0.05) is 11.6 Å². The molecule has 0 unspecified atom stereocenters. The van der Waals surface area contributed by atoms with Crippen LogP contribution in [0.2, 0.25) is 5.02 Å². The number of carbonyl (C=O) groups excluding carboxylic acids is 1. The van der Waals surface area contributed by atoms with E-state index in [-0.39, 0.29) is 0 Å². The molecule has 1 aromatic carbocycles. The first kappa shape index (κ1) is 9.93. The summed E-state index contributed by atoms with van der Waals surface area (Å²) in [6.07, 6.45) is 1.48. The number of carbonyl (C=O) groups is 1. The van der Waals surface area contributed by atoms with Gasteiger partial charge < -0.3 is 5.73 Å². The lowest BCUT2D eigenvalue weighted by Crippen LogP contribution is -2.11. The predicted molar refractivity (Wildman–Crippen MR) is 60.0 cm³/mol. The predicted octanol–water partition coefficient (Wildman–Crippen LogP) is 2.30. The van der Waals surface area contributed by atoms with Crippen molar-refractivity contribution in [1.29, 1.82) is 0 Å². The highest BCUT2D eigenvalue weighted by atomic mass is 35.5. The van der Waals surface area contributed by atoms with Gasteiger partial charge in [0.1, 0.15) is 0 Å². The zero-order valence-electron chi connectivity index (χ0n) is 8.12. The fourth-order valence-electron chi connectivity index (χ4n) is 1.52. The van der Waals surface area contributed by atoms with Crippen molar-refractivity contribution < 1.29 is 4.79 Å². The van der Waals surface area contributed by atoms with Gasteiger partial charge in [0.25, 0.3) is 0 Å². The number of pyridine rings is 1. The number of aryl methyl sites for hydroxylation is 1. The molecular weight excluding hydrogens is 212 g/mol. The summed E-state index contributed by atoms with van der Waals surface area (Å²) in [6, 6.07) is 5.30. The highest BCUT2D eigenvalue weighted by Crippen LogP contribution is 2.22. The smallest absolute Gasteiger partial charge is 0.250 e. The summed E-state index contributed by atoms with van der Waals surface area (Å²) in [4.78, 5) is 15.1. The Bertz CT molecular complexity index is 552. The highest BCUT2D eigenvalue weighted by Gasteiger charge is 2.05. The molecule has 4 heteroatoms. The lowest BCUT2D eigenvalue weighted by atomic mass is 10.1. The van der Waals surface area contributed by atoms with E-state index in [1.807, 2.05) is 13.0 Å². The van der Waals surface area contributed by atoms with Crippen LogP contribution >= 0.6 is 11.6 Å². The van der Waals surface area contributed by atoms with Crippen molar-refractivity contribution in [3.63, 3.8) is 0 Å².